The second-order valence-electron chi connectivity index (χ2n) is 6.89. The number of benzene rings is 2. The third-order valence-electron chi connectivity index (χ3n) is 4.79. The van der Waals surface area contributed by atoms with Gasteiger partial charge in [0.15, 0.2) is 0 Å². The molecule has 2 aromatic rings. The maximum Gasteiger partial charge on any atom is 0.141 e. The Morgan fingerprint density at radius 3 is 2.42 bits per heavy atom. The molecule has 3 nitrogen and oxygen atoms in total. The molecule has 26 heavy (non-hydrogen) atoms. The van der Waals surface area contributed by atoms with Gasteiger partial charge in [0.05, 0.1) is 12.8 Å². The lowest BCUT2D eigenvalue weighted by atomic mass is 10.0. The van der Waals surface area contributed by atoms with Gasteiger partial charge in [0.1, 0.15) is 11.5 Å². The van der Waals surface area contributed by atoms with Crippen LogP contribution in [0.3, 0.4) is 0 Å². The molecule has 0 atom stereocenters. The monoisotopic (exact) mass is 355 g/mol. The van der Waals surface area contributed by atoms with E-state index in [0.29, 0.717) is 12.3 Å². The van der Waals surface area contributed by atoms with Crippen molar-refractivity contribution < 1.29 is 9.84 Å². The fourth-order valence-corrected chi connectivity index (χ4v) is 3.20. The molecule has 0 fully saturated rings. The summed E-state index contributed by atoms with van der Waals surface area (Å²) in [5.41, 5.74) is 3.16. The number of unbranched alkanes of at least 4 members (excludes halogenated alkanes) is 6. The molecule has 0 aromatic heterocycles. The van der Waals surface area contributed by atoms with Crippen LogP contribution >= 0.6 is 0 Å². The first-order valence-corrected chi connectivity index (χ1v) is 9.92. The predicted molar refractivity (Wildman–Crippen MR) is 110 cm³/mol. The fraction of sp³-hybridized carbons (Fsp3) is 0.478. The second kappa shape index (κ2) is 11.5. The van der Waals surface area contributed by atoms with E-state index in [2.05, 4.69) is 18.3 Å². The van der Waals surface area contributed by atoms with Gasteiger partial charge >= 0.3 is 0 Å². The third-order valence-corrected chi connectivity index (χ3v) is 4.79. The molecule has 142 valence electrons. The minimum Gasteiger partial charge on any atom is -0.508 e. The van der Waals surface area contributed by atoms with Gasteiger partial charge in [0.25, 0.3) is 0 Å². The van der Waals surface area contributed by atoms with Gasteiger partial charge in [-0.15, -0.1) is 0 Å². The van der Waals surface area contributed by atoms with Crippen LogP contribution in [0.1, 0.15) is 63.0 Å². The van der Waals surface area contributed by atoms with Crippen LogP contribution < -0.4 is 10.1 Å². The summed E-state index contributed by atoms with van der Waals surface area (Å²) in [4.78, 5) is 0. The first-order chi connectivity index (χ1) is 12.7. The number of methoxy groups -OCH3 is 1. The van der Waals surface area contributed by atoms with E-state index in [9.17, 15) is 5.11 Å². The highest BCUT2D eigenvalue weighted by Crippen LogP contribution is 2.26. The van der Waals surface area contributed by atoms with E-state index in [-0.39, 0.29) is 0 Å². The maximum atomic E-state index is 10.2. The number of ether oxygens (including phenoxy) is 1. The Hall–Kier alpha value is -2.16. The number of nitrogens with one attached hydrogen (secondary N) is 1. The standard InChI is InChI=1S/C23H33NO2/c1-3-4-5-6-7-8-9-12-19-15-16-22(25)20(17-19)18-24-21-13-10-11-14-23(21)26-2/h10-11,13-17,24-25H,3-9,12,18H2,1-2H3. The van der Waals surface area contributed by atoms with Crippen molar-refractivity contribution in [2.24, 2.45) is 0 Å². The molecular weight excluding hydrogens is 322 g/mol. The number of phenols is 1. The molecule has 0 amide bonds. The van der Waals surface area contributed by atoms with Gasteiger partial charge in [-0.25, -0.2) is 0 Å². The maximum absolute atomic E-state index is 10.2. The van der Waals surface area contributed by atoms with Gasteiger partial charge in [-0.3, -0.25) is 0 Å². The van der Waals surface area contributed by atoms with Crippen LogP contribution in [0.25, 0.3) is 0 Å². The lowest BCUT2D eigenvalue weighted by Gasteiger charge is -2.13. The van der Waals surface area contributed by atoms with Crippen LogP contribution in [0.15, 0.2) is 42.5 Å². The van der Waals surface area contributed by atoms with Crippen molar-refractivity contribution >= 4 is 5.69 Å². The van der Waals surface area contributed by atoms with E-state index < -0.39 is 0 Å². The number of anilines is 1. The fourth-order valence-electron chi connectivity index (χ4n) is 3.20. The largest absolute Gasteiger partial charge is 0.508 e. The van der Waals surface area contributed by atoms with Crippen LogP contribution in [0.5, 0.6) is 11.5 Å². The van der Waals surface area contributed by atoms with Crippen LogP contribution in [-0.2, 0) is 13.0 Å². The van der Waals surface area contributed by atoms with E-state index in [1.54, 1.807) is 7.11 Å². The van der Waals surface area contributed by atoms with Crippen molar-refractivity contribution in [3.8, 4) is 11.5 Å². The number of aryl methyl sites for hydroxylation is 1. The SMILES string of the molecule is CCCCCCCCCc1ccc(O)c(CNc2ccccc2OC)c1. The molecule has 0 saturated heterocycles. The van der Waals surface area contributed by atoms with E-state index in [4.69, 9.17) is 4.74 Å². The van der Waals surface area contributed by atoms with Crippen molar-refractivity contribution in [3.63, 3.8) is 0 Å². The molecule has 3 heteroatoms. The van der Waals surface area contributed by atoms with Crippen molar-refractivity contribution in [2.75, 3.05) is 12.4 Å². The molecule has 0 heterocycles. The smallest absolute Gasteiger partial charge is 0.141 e. The third kappa shape index (κ3) is 6.62. The molecule has 0 radical (unpaired) electrons. The number of hydrogen-bond acceptors (Lipinski definition) is 3. The van der Waals surface area contributed by atoms with Gasteiger partial charge in [-0.1, -0.05) is 69.7 Å². The van der Waals surface area contributed by atoms with Gasteiger partial charge in [0.2, 0.25) is 0 Å². The van der Waals surface area contributed by atoms with E-state index in [1.165, 1.54) is 50.5 Å². The Morgan fingerprint density at radius 2 is 1.65 bits per heavy atom. The number of phenolic OH excluding ortho intramolecular Hbond substituents is 1. The van der Waals surface area contributed by atoms with Crippen LogP contribution in [-0.4, -0.2) is 12.2 Å². The summed E-state index contributed by atoms with van der Waals surface area (Å²) in [5, 5.41) is 13.5. The van der Waals surface area contributed by atoms with Crippen molar-refractivity contribution in [1.82, 2.24) is 0 Å². The lowest BCUT2D eigenvalue weighted by molar-refractivity contribution is 0.416. The highest BCUT2D eigenvalue weighted by Gasteiger charge is 2.06. The molecule has 2 N–H and O–H groups in total. The molecule has 0 spiro atoms. The van der Waals surface area contributed by atoms with Crippen LogP contribution in [0.4, 0.5) is 5.69 Å². The summed E-state index contributed by atoms with van der Waals surface area (Å²) in [6.45, 7) is 2.84. The first kappa shape index (κ1) is 20.2. The Bertz CT molecular complexity index is 654. The van der Waals surface area contributed by atoms with E-state index in [0.717, 1.165) is 23.4 Å². The Balaban J connectivity index is 1.83. The van der Waals surface area contributed by atoms with Crippen LogP contribution in [0, 0.1) is 0 Å². The minimum absolute atomic E-state index is 0.343. The zero-order chi connectivity index (χ0) is 18.6. The minimum atomic E-state index is 0.343. The highest BCUT2D eigenvalue weighted by molar-refractivity contribution is 5.56. The van der Waals surface area contributed by atoms with E-state index in [1.807, 2.05) is 36.4 Å². The topological polar surface area (TPSA) is 41.5 Å². The van der Waals surface area contributed by atoms with Crippen LogP contribution in [0.2, 0.25) is 0 Å². The van der Waals surface area contributed by atoms with Gasteiger partial charge in [0, 0.05) is 12.1 Å². The molecule has 0 aliphatic rings. The Labute approximate surface area is 158 Å². The average molecular weight is 356 g/mol. The number of rotatable bonds is 12. The zero-order valence-corrected chi connectivity index (χ0v) is 16.3. The van der Waals surface area contributed by atoms with E-state index >= 15 is 0 Å². The number of hydrogen-bond donors (Lipinski definition) is 2. The van der Waals surface area contributed by atoms with Crippen molar-refractivity contribution in [3.05, 3.63) is 53.6 Å². The highest BCUT2D eigenvalue weighted by atomic mass is 16.5. The number of para-hydroxylation sites is 2. The molecule has 0 saturated carbocycles. The normalized spacial score (nSPS) is 10.7. The zero-order valence-electron chi connectivity index (χ0n) is 16.3. The molecule has 0 bridgehead atoms. The number of aromatic hydroxyl groups is 1. The summed E-state index contributed by atoms with van der Waals surface area (Å²) >= 11 is 0. The molecule has 0 unspecified atom stereocenters. The van der Waals surface area contributed by atoms with Gasteiger partial charge in [-0.05, 0) is 36.6 Å². The van der Waals surface area contributed by atoms with Gasteiger partial charge < -0.3 is 15.2 Å². The average Bonchev–Trinajstić information content (AvgIpc) is 2.67. The Morgan fingerprint density at radius 1 is 0.923 bits per heavy atom. The molecule has 0 aliphatic heterocycles. The summed E-state index contributed by atoms with van der Waals surface area (Å²) in [7, 11) is 1.67. The molecule has 2 aromatic carbocycles. The quantitative estimate of drug-likeness (QED) is 0.439. The van der Waals surface area contributed by atoms with Crippen molar-refractivity contribution in [2.45, 2.75) is 64.8 Å². The molecule has 2 rings (SSSR count). The van der Waals surface area contributed by atoms with Crippen molar-refractivity contribution in [1.29, 1.82) is 0 Å². The Kier molecular flexibility index (Phi) is 8.88. The summed E-state index contributed by atoms with van der Waals surface area (Å²) in [5.74, 6) is 1.15. The lowest BCUT2D eigenvalue weighted by Crippen LogP contribution is -2.02. The second-order valence-corrected chi connectivity index (χ2v) is 6.89. The summed E-state index contributed by atoms with van der Waals surface area (Å²) in [6.07, 6.45) is 10.3. The molecule has 0 aliphatic carbocycles. The predicted octanol–water partition coefficient (Wildman–Crippen LogP) is 6.31. The first-order valence-electron chi connectivity index (χ1n) is 9.92. The summed E-state index contributed by atoms with van der Waals surface area (Å²) in [6, 6.07) is 13.8. The van der Waals surface area contributed by atoms with Gasteiger partial charge in [-0.2, -0.15) is 0 Å². The summed E-state index contributed by atoms with van der Waals surface area (Å²) < 4.78 is 5.36. The molecular formula is C23H33NO2.